The van der Waals surface area contributed by atoms with Crippen molar-refractivity contribution in [3.05, 3.63) is 0 Å². The van der Waals surface area contributed by atoms with Crippen LogP contribution < -0.4 is 0 Å². The predicted molar refractivity (Wildman–Crippen MR) is 54.7 cm³/mol. The van der Waals surface area contributed by atoms with E-state index in [1.165, 1.54) is 0 Å². The third-order valence-corrected chi connectivity index (χ3v) is 3.03. The average molecular weight is 183 g/mol. The Bertz CT molecular complexity index is 187. The molecule has 0 aliphatic carbocycles. The molecule has 2 heteroatoms. The largest absolute Gasteiger partial charge is 0.298 e. The molecule has 1 rings (SSSR count). The van der Waals surface area contributed by atoms with Gasteiger partial charge in [0, 0.05) is 12.0 Å². The molecule has 13 heavy (non-hydrogen) atoms. The fourth-order valence-electron chi connectivity index (χ4n) is 2.01. The number of rotatable bonds is 2. The summed E-state index contributed by atoms with van der Waals surface area (Å²) in [6, 6.07) is 0.511. The molecule has 0 spiro atoms. The topological polar surface area (TPSA) is 20.3 Å². The van der Waals surface area contributed by atoms with Crippen molar-refractivity contribution in [2.45, 2.75) is 40.2 Å². The van der Waals surface area contributed by atoms with Gasteiger partial charge >= 0.3 is 0 Å². The van der Waals surface area contributed by atoms with Gasteiger partial charge in [-0.1, -0.05) is 13.8 Å². The molecule has 1 fully saturated rings. The van der Waals surface area contributed by atoms with Gasteiger partial charge in [0.25, 0.3) is 0 Å². The van der Waals surface area contributed by atoms with Crippen molar-refractivity contribution < 1.29 is 4.79 Å². The maximum atomic E-state index is 11.7. The first kappa shape index (κ1) is 10.7. The lowest BCUT2D eigenvalue weighted by molar-refractivity contribution is -0.129. The minimum absolute atomic E-state index is 0.315. The smallest absolute Gasteiger partial charge is 0.150 e. The zero-order valence-electron chi connectivity index (χ0n) is 9.21. The fourth-order valence-corrected chi connectivity index (χ4v) is 2.01. The number of Topliss-reactive ketones (excluding diaryl/α,β-unsaturated/α-hetero) is 1. The van der Waals surface area contributed by atoms with Crippen molar-refractivity contribution in [1.29, 1.82) is 0 Å². The number of likely N-dealkylation sites (tertiary alicyclic amines) is 1. The van der Waals surface area contributed by atoms with Gasteiger partial charge in [0.15, 0.2) is 0 Å². The Labute approximate surface area is 81.3 Å². The summed E-state index contributed by atoms with van der Waals surface area (Å²) in [4.78, 5) is 14.0. The van der Waals surface area contributed by atoms with Crippen molar-refractivity contribution in [3.8, 4) is 0 Å². The second kappa shape index (κ2) is 4.23. The van der Waals surface area contributed by atoms with E-state index in [9.17, 15) is 4.79 Å². The molecule has 0 saturated carbocycles. The molecular formula is C11H21NO. The van der Waals surface area contributed by atoms with Crippen LogP contribution in [-0.2, 0) is 4.79 Å². The standard InChI is InChI=1S/C11H21NO/c1-8(2)10-5-6-12(9(3)4)7-11(10)13/h8-10H,5-7H2,1-4H3. The number of nitrogens with zero attached hydrogens (tertiary/aromatic N) is 1. The molecule has 1 atom stereocenters. The maximum absolute atomic E-state index is 11.7. The van der Waals surface area contributed by atoms with Crippen LogP contribution in [0.15, 0.2) is 0 Å². The molecule has 1 aliphatic heterocycles. The summed E-state index contributed by atoms with van der Waals surface area (Å²) in [5.74, 6) is 1.27. The van der Waals surface area contributed by atoms with Gasteiger partial charge in [-0.3, -0.25) is 9.69 Å². The number of piperidine rings is 1. The predicted octanol–water partition coefficient (Wildman–Crippen LogP) is 1.94. The first-order valence-electron chi connectivity index (χ1n) is 5.29. The van der Waals surface area contributed by atoms with E-state index in [1.807, 2.05) is 0 Å². The van der Waals surface area contributed by atoms with Crippen molar-refractivity contribution in [2.24, 2.45) is 11.8 Å². The summed E-state index contributed by atoms with van der Waals surface area (Å²) in [6.07, 6.45) is 1.05. The van der Waals surface area contributed by atoms with Crippen molar-refractivity contribution in [1.82, 2.24) is 4.90 Å². The third-order valence-electron chi connectivity index (χ3n) is 3.03. The lowest BCUT2D eigenvalue weighted by Gasteiger charge is -2.34. The SMILES string of the molecule is CC(C)C1CCN(C(C)C)CC1=O. The highest BCUT2D eigenvalue weighted by molar-refractivity contribution is 5.83. The van der Waals surface area contributed by atoms with Gasteiger partial charge in [0.2, 0.25) is 0 Å². The highest BCUT2D eigenvalue weighted by atomic mass is 16.1. The van der Waals surface area contributed by atoms with Gasteiger partial charge < -0.3 is 0 Å². The van der Waals surface area contributed by atoms with E-state index in [2.05, 4.69) is 32.6 Å². The Kier molecular flexibility index (Phi) is 3.48. The molecule has 0 N–H and O–H groups in total. The van der Waals surface area contributed by atoms with Gasteiger partial charge in [-0.05, 0) is 32.7 Å². The summed E-state index contributed by atoms with van der Waals surface area (Å²) in [7, 11) is 0. The molecule has 1 saturated heterocycles. The summed E-state index contributed by atoms with van der Waals surface area (Å²) < 4.78 is 0. The summed E-state index contributed by atoms with van der Waals surface area (Å²) >= 11 is 0. The van der Waals surface area contributed by atoms with E-state index < -0.39 is 0 Å². The molecule has 0 radical (unpaired) electrons. The van der Waals surface area contributed by atoms with E-state index in [-0.39, 0.29) is 0 Å². The number of ketones is 1. The van der Waals surface area contributed by atoms with Crippen LogP contribution in [-0.4, -0.2) is 29.8 Å². The Hall–Kier alpha value is -0.370. The number of carbonyl (C=O) groups is 1. The Morgan fingerprint density at radius 1 is 1.31 bits per heavy atom. The third kappa shape index (κ3) is 2.53. The molecule has 1 aliphatic rings. The molecule has 76 valence electrons. The molecule has 2 nitrogen and oxygen atoms in total. The first-order chi connectivity index (χ1) is 6.02. The van der Waals surface area contributed by atoms with E-state index in [0.29, 0.717) is 30.2 Å². The molecule has 0 aromatic rings. The summed E-state index contributed by atoms with van der Waals surface area (Å²) in [6.45, 7) is 10.4. The van der Waals surface area contributed by atoms with Gasteiger partial charge in [0.05, 0.1) is 6.54 Å². The van der Waals surface area contributed by atoms with Crippen LogP contribution in [0.1, 0.15) is 34.1 Å². The van der Waals surface area contributed by atoms with Crippen LogP contribution in [0.3, 0.4) is 0 Å². The van der Waals surface area contributed by atoms with E-state index in [1.54, 1.807) is 0 Å². The van der Waals surface area contributed by atoms with E-state index >= 15 is 0 Å². The lowest BCUT2D eigenvalue weighted by Crippen LogP contribution is -2.45. The van der Waals surface area contributed by atoms with Crippen LogP contribution in [0, 0.1) is 11.8 Å². The monoisotopic (exact) mass is 183 g/mol. The van der Waals surface area contributed by atoms with E-state index in [4.69, 9.17) is 0 Å². The quantitative estimate of drug-likeness (QED) is 0.652. The summed E-state index contributed by atoms with van der Waals surface area (Å²) in [5.41, 5.74) is 0. The zero-order valence-corrected chi connectivity index (χ0v) is 9.21. The minimum Gasteiger partial charge on any atom is -0.298 e. The number of hydrogen-bond donors (Lipinski definition) is 0. The Balaban J connectivity index is 2.52. The van der Waals surface area contributed by atoms with E-state index in [0.717, 1.165) is 13.0 Å². The Morgan fingerprint density at radius 2 is 1.92 bits per heavy atom. The van der Waals surface area contributed by atoms with Gasteiger partial charge in [-0.15, -0.1) is 0 Å². The summed E-state index contributed by atoms with van der Waals surface area (Å²) in [5, 5.41) is 0. The fraction of sp³-hybridized carbons (Fsp3) is 0.909. The van der Waals surface area contributed by atoms with Crippen molar-refractivity contribution in [3.63, 3.8) is 0 Å². The second-order valence-electron chi connectivity index (χ2n) is 4.67. The van der Waals surface area contributed by atoms with Gasteiger partial charge in [0.1, 0.15) is 5.78 Å². The molecule has 0 bridgehead atoms. The van der Waals surface area contributed by atoms with Crippen LogP contribution in [0.25, 0.3) is 0 Å². The van der Waals surface area contributed by atoms with Crippen LogP contribution in [0.4, 0.5) is 0 Å². The van der Waals surface area contributed by atoms with Crippen LogP contribution >= 0.6 is 0 Å². The number of carbonyl (C=O) groups excluding carboxylic acids is 1. The molecule has 1 unspecified atom stereocenters. The highest BCUT2D eigenvalue weighted by Gasteiger charge is 2.29. The maximum Gasteiger partial charge on any atom is 0.150 e. The highest BCUT2D eigenvalue weighted by Crippen LogP contribution is 2.22. The zero-order chi connectivity index (χ0) is 10.0. The van der Waals surface area contributed by atoms with Crippen LogP contribution in [0.5, 0.6) is 0 Å². The first-order valence-corrected chi connectivity index (χ1v) is 5.29. The normalized spacial score (nSPS) is 26.0. The second-order valence-corrected chi connectivity index (χ2v) is 4.67. The molecule has 0 aromatic carbocycles. The van der Waals surface area contributed by atoms with Crippen LogP contribution in [0.2, 0.25) is 0 Å². The average Bonchev–Trinajstić information content (AvgIpc) is 2.03. The molecule has 1 heterocycles. The minimum atomic E-state index is 0.315. The number of hydrogen-bond acceptors (Lipinski definition) is 2. The van der Waals surface area contributed by atoms with Gasteiger partial charge in [-0.2, -0.15) is 0 Å². The van der Waals surface area contributed by atoms with Gasteiger partial charge in [-0.25, -0.2) is 0 Å². The lowest BCUT2D eigenvalue weighted by atomic mass is 9.85. The molecule has 0 amide bonds. The molecular weight excluding hydrogens is 162 g/mol. The van der Waals surface area contributed by atoms with Crippen molar-refractivity contribution >= 4 is 5.78 Å². The molecule has 0 aromatic heterocycles. The van der Waals surface area contributed by atoms with Crippen molar-refractivity contribution in [2.75, 3.05) is 13.1 Å². The Morgan fingerprint density at radius 3 is 2.31 bits per heavy atom.